The van der Waals surface area contributed by atoms with E-state index in [4.69, 9.17) is 22.1 Å². The van der Waals surface area contributed by atoms with Crippen molar-refractivity contribution in [2.45, 2.75) is 0 Å². The SMILES string of the molecule is COc1cc(Nc2ccc(N)c3ccncc23)ccc1Cl. The van der Waals surface area contributed by atoms with Gasteiger partial charge in [-0.25, -0.2) is 0 Å². The van der Waals surface area contributed by atoms with Gasteiger partial charge in [-0.15, -0.1) is 0 Å². The number of pyridine rings is 1. The van der Waals surface area contributed by atoms with Crippen molar-refractivity contribution in [3.05, 3.63) is 53.8 Å². The first kappa shape index (κ1) is 13.5. The maximum atomic E-state index is 6.04. The lowest BCUT2D eigenvalue weighted by molar-refractivity contribution is 0.415. The lowest BCUT2D eigenvalue weighted by Gasteiger charge is -2.12. The molecule has 0 amide bonds. The first-order chi connectivity index (χ1) is 10.2. The maximum absolute atomic E-state index is 6.04. The summed E-state index contributed by atoms with van der Waals surface area (Å²) in [7, 11) is 1.59. The Bertz CT molecular complexity index is 805. The number of methoxy groups -OCH3 is 1. The highest BCUT2D eigenvalue weighted by molar-refractivity contribution is 6.32. The number of fused-ring (bicyclic) bond motifs is 1. The molecule has 0 unspecified atom stereocenters. The van der Waals surface area contributed by atoms with Crippen LogP contribution in [-0.4, -0.2) is 12.1 Å². The van der Waals surface area contributed by atoms with Crippen molar-refractivity contribution in [2.75, 3.05) is 18.2 Å². The van der Waals surface area contributed by atoms with Crippen LogP contribution in [-0.2, 0) is 0 Å². The standard InChI is InChI=1S/C16H14ClN3O/c1-21-16-8-10(2-3-13(16)17)20-15-5-4-14(18)11-6-7-19-9-12(11)15/h2-9,20H,18H2,1H3. The minimum Gasteiger partial charge on any atom is -0.495 e. The molecule has 0 saturated carbocycles. The number of ether oxygens (including phenoxy) is 1. The van der Waals surface area contributed by atoms with Crippen molar-refractivity contribution >= 4 is 39.4 Å². The van der Waals surface area contributed by atoms with E-state index in [-0.39, 0.29) is 0 Å². The van der Waals surface area contributed by atoms with Crippen LogP contribution in [0.4, 0.5) is 17.1 Å². The van der Waals surface area contributed by atoms with E-state index in [9.17, 15) is 0 Å². The summed E-state index contributed by atoms with van der Waals surface area (Å²) >= 11 is 6.04. The lowest BCUT2D eigenvalue weighted by atomic mass is 10.1. The van der Waals surface area contributed by atoms with Gasteiger partial charge in [0.05, 0.1) is 12.1 Å². The van der Waals surface area contributed by atoms with E-state index in [1.807, 2.05) is 30.3 Å². The summed E-state index contributed by atoms with van der Waals surface area (Å²) in [6.45, 7) is 0. The molecule has 0 bridgehead atoms. The Balaban J connectivity index is 2.04. The number of nitrogens with zero attached hydrogens (tertiary/aromatic N) is 1. The van der Waals surface area contributed by atoms with Crippen LogP contribution in [0.5, 0.6) is 5.75 Å². The van der Waals surface area contributed by atoms with E-state index in [0.717, 1.165) is 27.8 Å². The van der Waals surface area contributed by atoms with Crippen LogP contribution >= 0.6 is 11.6 Å². The van der Waals surface area contributed by atoms with Crippen LogP contribution in [0.1, 0.15) is 0 Å². The molecule has 0 saturated heterocycles. The zero-order chi connectivity index (χ0) is 14.8. The number of halogens is 1. The monoisotopic (exact) mass is 299 g/mol. The van der Waals surface area contributed by atoms with E-state index < -0.39 is 0 Å². The minimum atomic E-state index is 0.576. The number of rotatable bonds is 3. The molecule has 0 aliphatic heterocycles. The number of anilines is 3. The number of hydrogen-bond donors (Lipinski definition) is 2. The second-order valence-electron chi connectivity index (χ2n) is 4.60. The first-order valence-electron chi connectivity index (χ1n) is 6.42. The summed E-state index contributed by atoms with van der Waals surface area (Å²) in [6.07, 6.45) is 3.52. The predicted octanol–water partition coefficient (Wildman–Crippen LogP) is 4.22. The minimum absolute atomic E-state index is 0.576. The van der Waals surface area contributed by atoms with Crippen molar-refractivity contribution in [1.82, 2.24) is 4.98 Å². The highest BCUT2D eigenvalue weighted by Gasteiger charge is 2.06. The van der Waals surface area contributed by atoms with Gasteiger partial charge in [-0.05, 0) is 30.3 Å². The molecule has 1 aromatic heterocycles. The second kappa shape index (κ2) is 5.50. The van der Waals surface area contributed by atoms with E-state index in [2.05, 4.69) is 10.3 Å². The molecule has 0 radical (unpaired) electrons. The summed E-state index contributed by atoms with van der Waals surface area (Å²) in [5, 5.41) is 5.85. The molecule has 4 nitrogen and oxygen atoms in total. The molecule has 3 N–H and O–H groups in total. The average molecular weight is 300 g/mol. The summed E-state index contributed by atoms with van der Waals surface area (Å²) in [4.78, 5) is 4.16. The fourth-order valence-corrected chi connectivity index (χ4v) is 2.41. The fraction of sp³-hybridized carbons (Fsp3) is 0.0625. The van der Waals surface area contributed by atoms with Gasteiger partial charge in [-0.3, -0.25) is 4.98 Å². The second-order valence-corrected chi connectivity index (χ2v) is 5.01. The first-order valence-corrected chi connectivity index (χ1v) is 6.79. The van der Waals surface area contributed by atoms with Crippen LogP contribution in [0, 0.1) is 0 Å². The molecule has 0 aliphatic rings. The van der Waals surface area contributed by atoms with Gasteiger partial charge < -0.3 is 15.8 Å². The van der Waals surface area contributed by atoms with Gasteiger partial charge in [0.25, 0.3) is 0 Å². The number of nitrogens with one attached hydrogen (secondary N) is 1. The van der Waals surface area contributed by atoms with Crippen molar-refractivity contribution < 1.29 is 4.74 Å². The highest BCUT2D eigenvalue weighted by atomic mass is 35.5. The van der Waals surface area contributed by atoms with Gasteiger partial charge >= 0.3 is 0 Å². The highest BCUT2D eigenvalue weighted by Crippen LogP contribution is 2.32. The molecular weight excluding hydrogens is 286 g/mol. The van der Waals surface area contributed by atoms with E-state index in [1.165, 1.54) is 0 Å². The smallest absolute Gasteiger partial charge is 0.139 e. The van der Waals surface area contributed by atoms with Gasteiger partial charge in [0.2, 0.25) is 0 Å². The van der Waals surface area contributed by atoms with Crippen molar-refractivity contribution in [3.63, 3.8) is 0 Å². The molecular formula is C16H14ClN3O. The Morgan fingerprint density at radius 3 is 2.81 bits per heavy atom. The molecule has 0 fully saturated rings. The predicted molar refractivity (Wildman–Crippen MR) is 87.4 cm³/mol. The zero-order valence-corrected chi connectivity index (χ0v) is 12.2. The van der Waals surface area contributed by atoms with E-state index >= 15 is 0 Å². The van der Waals surface area contributed by atoms with Crippen molar-refractivity contribution in [3.8, 4) is 5.75 Å². The Morgan fingerprint density at radius 2 is 2.00 bits per heavy atom. The number of nitrogen functional groups attached to an aromatic ring is 1. The van der Waals surface area contributed by atoms with E-state index in [0.29, 0.717) is 10.8 Å². The number of benzene rings is 2. The van der Waals surface area contributed by atoms with Crippen molar-refractivity contribution in [2.24, 2.45) is 0 Å². The molecule has 106 valence electrons. The Hall–Kier alpha value is -2.46. The van der Waals surface area contributed by atoms with Crippen LogP contribution in [0.2, 0.25) is 5.02 Å². The fourth-order valence-electron chi connectivity index (χ4n) is 2.22. The van der Waals surface area contributed by atoms with Gasteiger partial charge in [0, 0.05) is 46.3 Å². The largest absolute Gasteiger partial charge is 0.495 e. The number of hydrogen-bond acceptors (Lipinski definition) is 4. The van der Waals surface area contributed by atoms with Gasteiger partial charge in [-0.2, -0.15) is 0 Å². The van der Waals surface area contributed by atoms with Crippen LogP contribution in [0.15, 0.2) is 48.8 Å². The maximum Gasteiger partial charge on any atom is 0.139 e. The van der Waals surface area contributed by atoms with Crippen LogP contribution in [0.3, 0.4) is 0 Å². The quantitative estimate of drug-likeness (QED) is 0.711. The third-order valence-corrected chi connectivity index (χ3v) is 3.59. The summed E-state index contributed by atoms with van der Waals surface area (Å²) in [5.41, 5.74) is 8.53. The summed E-state index contributed by atoms with van der Waals surface area (Å²) in [5.74, 6) is 0.625. The van der Waals surface area contributed by atoms with Gasteiger partial charge in [0.1, 0.15) is 5.75 Å². The molecule has 2 aromatic carbocycles. The molecule has 0 atom stereocenters. The zero-order valence-electron chi connectivity index (χ0n) is 11.4. The Kier molecular flexibility index (Phi) is 3.54. The lowest BCUT2D eigenvalue weighted by Crippen LogP contribution is -1.95. The third kappa shape index (κ3) is 2.58. The third-order valence-electron chi connectivity index (χ3n) is 3.28. The number of aromatic nitrogens is 1. The Labute approximate surface area is 127 Å². The average Bonchev–Trinajstić information content (AvgIpc) is 2.52. The summed E-state index contributed by atoms with van der Waals surface area (Å²) < 4.78 is 5.23. The van der Waals surface area contributed by atoms with Crippen molar-refractivity contribution in [1.29, 1.82) is 0 Å². The molecule has 3 rings (SSSR count). The summed E-state index contributed by atoms with van der Waals surface area (Å²) in [6, 6.07) is 11.2. The molecule has 0 aliphatic carbocycles. The molecule has 5 heteroatoms. The Morgan fingerprint density at radius 1 is 1.14 bits per heavy atom. The topological polar surface area (TPSA) is 60.2 Å². The van der Waals surface area contributed by atoms with Crippen LogP contribution in [0.25, 0.3) is 10.8 Å². The van der Waals surface area contributed by atoms with Gasteiger partial charge in [0.15, 0.2) is 0 Å². The number of nitrogens with two attached hydrogens (primary N) is 1. The molecule has 0 spiro atoms. The van der Waals surface area contributed by atoms with E-state index in [1.54, 1.807) is 25.6 Å². The van der Waals surface area contributed by atoms with Gasteiger partial charge in [-0.1, -0.05) is 11.6 Å². The normalized spacial score (nSPS) is 10.6. The van der Waals surface area contributed by atoms with Crippen LogP contribution < -0.4 is 15.8 Å². The molecule has 3 aromatic rings. The molecule has 21 heavy (non-hydrogen) atoms. The molecule has 1 heterocycles.